The quantitative estimate of drug-likeness (QED) is 0.740. The Labute approximate surface area is 137 Å². The third-order valence-corrected chi connectivity index (χ3v) is 3.70. The van der Waals surface area contributed by atoms with E-state index < -0.39 is 0 Å². The number of likely N-dealkylation sites (N-methyl/N-ethyl adjacent to an activating group) is 1. The molecule has 0 aliphatic carbocycles. The van der Waals surface area contributed by atoms with E-state index in [1.54, 1.807) is 36.2 Å². The second-order valence-electron chi connectivity index (χ2n) is 4.73. The maximum Gasteiger partial charge on any atom is 0.254 e. The molecule has 0 N–H and O–H groups in total. The van der Waals surface area contributed by atoms with E-state index in [4.69, 9.17) is 4.74 Å². The zero-order valence-electron chi connectivity index (χ0n) is 12.2. The SMILES string of the molecule is CN(CCOc1ccc(Br)cc1)C(=O)c1ccccc1C=O. The summed E-state index contributed by atoms with van der Waals surface area (Å²) in [5, 5.41) is 0. The molecule has 0 aromatic heterocycles. The molecule has 0 saturated carbocycles. The first kappa shape index (κ1) is 16.2. The van der Waals surface area contributed by atoms with Crippen LogP contribution in [0.4, 0.5) is 0 Å². The highest BCUT2D eigenvalue weighted by molar-refractivity contribution is 9.10. The summed E-state index contributed by atoms with van der Waals surface area (Å²) in [6.07, 6.45) is 0.694. The summed E-state index contributed by atoms with van der Waals surface area (Å²) in [6, 6.07) is 14.3. The molecule has 0 atom stereocenters. The number of amides is 1. The summed E-state index contributed by atoms with van der Waals surface area (Å²) in [5.74, 6) is 0.555. The lowest BCUT2D eigenvalue weighted by Gasteiger charge is -2.18. The molecular weight excluding hydrogens is 346 g/mol. The molecule has 4 nitrogen and oxygen atoms in total. The lowest BCUT2D eigenvalue weighted by molar-refractivity contribution is 0.0771. The Morgan fingerprint density at radius 2 is 1.86 bits per heavy atom. The van der Waals surface area contributed by atoms with Crippen LogP contribution in [0.2, 0.25) is 0 Å². The van der Waals surface area contributed by atoms with Crippen molar-refractivity contribution in [3.63, 3.8) is 0 Å². The average Bonchev–Trinajstić information content (AvgIpc) is 2.55. The number of aldehydes is 1. The molecule has 0 saturated heterocycles. The van der Waals surface area contributed by atoms with Gasteiger partial charge in [0.05, 0.1) is 12.1 Å². The van der Waals surface area contributed by atoms with Gasteiger partial charge in [-0.25, -0.2) is 0 Å². The molecular formula is C17H16BrNO3. The van der Waals surface area contributed by atoms with Gasteiger partial charge in [-0.15, -0.1) is 0 Å². The van der Waals surface area contributed by atoms with E-state index in [-0.39, 0.29) is 5.91 Å². The first-order valence-electron chi connectivity index (χ1n) is 6.80. The predicted octanol–water partition coefficient (Wildman–Crippen LogP) is 3.41. The molecule has 114 valence electrons. The summed E-state index contributed by atoms with van der Waals surface area (Å²) < 4.78 is 6.57. The number of hydrogen-bond donors (Lipinski definition) is 0. The fourth-order valence-electron chi connectivity index (χ4n) is 1.93. The maximum absolute atomic E-state index is 12.3. The van der Waals surface area contributed by atoms with Crippen LogP contribution in [0.15, 0.2) is 53.0 Å². The van der Waals surface area contributed by atoms with Gasteiger partial charge in [0, 0.05) is 17.1 Å². The number of halogens is 1. The molecule has 0 fully saturated rings. The van der Waals surface area contributed by atoms with Gasteiger partial charge < -0.3 is 9.64 Å². The molecule has 0 heterocycles. The molecule has 0 aliphatic rings. The van der Waals surface area contributed by atoms with E-state index in [2.05, 4.69) is 15.9 Å². The van der Waals surface area contributed by atoms with Gasteiger partial charge in [-0.2, -0.15) is 0 Å². The zero-order valence-corrected chi connectivity index (χ0v) is 13.7. The molecule has 0 bridgehead atoms. The Balaban J connectivity index is 1.91. The number of ether oxygens (including phenoxy) is 1. The van der Waals surface area contributed by atoms with Crippen LogP contribution in [0.3, 0.4) is 0 Å². The van der Waals surface area contributed by atoms with Gasteiger partial charge in [-0.3, -0.25) is 9.59 Å². The van der Waals surface area contributed by atoms with E-state index in [0.29, 0.717) is 30.6 Å². The summed E-state index contributed by atoms with van der Waals surface area (Å²) in [6.45, 7) is 0.815. The third kappa shape index (κ3) is 4.18. The van der Waals surface area contributed by atoms with Gasteiger partial charge in [0.1, 0.15) is 12.4 Å². The van der Waals surface area contributed by atoms with Crippen molar-refractivity contribution in [3.8, 4) is 5.75 Å². The summed E-state index contributed by atoms with van der Waals surface area (Å²) in [7, 11) is 1.69. The Bertz CT molecular complexity index is 655. The van der Waals surface area contributed by atoms with Crippen LogP contribution in [0.5, 0.6) is 5.75 Å². The van der Waals surface area contributed by atoms with Crippen molar-refractivity contribution >= 4 is 28.1 Å². The zero-order chi connectivity index (χ0) is 15.9. The minimum Gasteiger partial charge on any atom is -0.492 e. The van der Waals surface area contributed by atoms with Gasteiger partial charge in [0.2, 0.25) is 0 Å². The van der Waals surface area contributed by atoms with Gasteiger partial charge in [0.25, 0.3) is 5.91 Å². The van der Waals surface area contributed by atoms with E-state index >= 15 is 0 Å². The fourth-order valence-corrected chi connectivity index (χ4v) is 2.20. The molecule has 2 aromatic rings. The number of carbonyl (C=O) groups excluding carboxylic acids is 2. The molecule has 0 radical (unpaired) electrons. The van der Waals surface area contributed by atoms with Crippen LogP contribution in [-0.2, 0) is 0 Å². The smallest absolute Gasteiger partial charge is 0.254 e. The number of benzene rings is 2. The van der Waals surface area contributed by atoms with Gasteiger partial charge in [-0.05, 0) is 30.3 Å². The topological polar surface area (TPSA) is 46.6 Å². The number of nitrogens with zero attached hydrogens (tertiary/aromatic N) is 1. The fraction of sp³-hybridized carbons (Fsp3) is 0.176. The van der Waals surface area contributed by atoms with E-state index in [1.165, 1.54) is 0 Å². The second-order valence-corrected chi connectivity index (χ2v) is 5.65. The van der Waals surface area contributed by atoms with E-state index in [9.17, 15) is 9.59 Å². The Morgan fingerprint density at radius 3 is 2.55 bits per heavy atom. The average molecular weight is 362 g/mol. The van der Waals surface area contributed by atoms with Crippen LogP contribution in [-0.4, -0.2) is 37.3 Å². The van der Waals surface area contributed by atoms with E-state index in [0.717, 1.165) is 10.2 Å². The largest absolute Gasteiger partial charge is 0.492 e. The Morgan fingerprint density at radius 1 is 1.18 bits per heavy atom. The summed E-state index contributed by atoms with van der Waals surface area (Å²) in [5.41, 5.74) is 0.803. The van der Waals surface area contributed by atoms with Crippen molar-refractivity contribution in [2.75, 3.05) is 20.2 Å². The number of rotatable bonds is 6. The van der Waals surface area contributed by atoms with Crippen LogP contribution in [0.25, 0.3) is 0 Å². The first-order chi connectivity index (χ1) is 10.6. The highest BCUT2D eigenvalue weighted by Crippen LogP contribution is 2.16. The molecule has 0 aliphatic heterocycles. The molecule has 1 amide bonds. The van der Waals surface area contributed by atoms with Crippen LogP contribution in [0, 0.1) is 0 Å². The lowest BCUT2D eigenvalue weighted by Crippen LogP contribution is -2.31. The summed E-state index contributed by atoms with van der Waals surface area (Å²) >= 11 is 3.36. The lowest BCUT2D eigenvalue weighted by atomic mass is 10.1. The van der Waals surface area contributed by atoms with Crippen molar-refractivity contribution in [1.82, 2.24) is 4.90 Å². The van der Waals surface area contributed by atoms with Crippen molar-refractivity contribution < 1.29 is 14.3 Å². The standard InChI is InChI=1S/C17H16BrNO3/c1-19(10-11-22-15-8-6-14(18)7-9-15)17(21)16-5-3-2-4-13(16)12-20/h2-9,12H,10-11H2,1H3. The normalized spacial score (nSPS) is 10.1. The predicted molar refractivity (Wildman–Crippen MR) is 88.4 cm³/mol. The van der Waals surface area contributed by atoms with Gasteiger partial charge in [-0.1, -0.05) is 34.1 Å². The van der Waals surface area contributed by atoms with Crippen LogP contribution in [0.1, 0.15) is 20.7 Å². The highest BCUT2D eigenvalue weighted by atomic mass is 79.9. The summed E-state index contributed by atoms with van der Waals surface area (Å²) in [4.78, 5) is 24.8. The molecule has 22 heavy (non-hydrogen) atoms. The first-order valence-corrected chi connectivity index (χ1v) is 7.59. The van der Waals surface area contributed by atoms with E-state index in [1.807, 2.05) is 24.3 Å². The Kier molecular flexibility index (Phi) is 5.72. The van der Waals surface area contributed by atoms with Crippen molar-refractivity contribution in [2.24, 2.45) is 0 Å². The minimum absolute atomic E-state index is 0.192. The van der Waals surface area contributed by atoms with Crippen LogP contribution >= 0.6 is 15.9 Å². The van der Waals surface area contributed by atoms with Crippen molar-refractivity contribution in [2.45, 2.75) is 0 Å². The molecule has 2 aromatic carbocycles. The molecule has 0 unspecified atom stereocenters. The minimum atomic E-state index is -0.192. The Hall–Kier alpha value is -2.14. The highest BCUT2D eigenvalue weighted by Gasteiger charge is 2.14. The maximum atomic E-state index is 12.3. The monoisotopic (exact) mass is 361 g/mol. The molecule has 0 spiro atoms. The molecule has 2 rings (SSSR count). The number of hydrogen-bond acceptors (Lipinski definition) is 3. The third-order valence-electron chi connectivity index (χ3n) is 3.17. The van der Waals surface area contributed by atoms with Crippen LogP contribution < -0.4 is 4.74 Å². The second kappa shape index (κ2) is 7.75. The van der Waals surface area contributed by atoms with Gasteiger partial charge in [0.15, 0.2) is 6.29 Å². The van der Waals surface area contributed by atoms with Crippen molar-refractivity contribution in [3.05, 3.63) is 64.1 Å². The molecule has 5 heteroatoms. The number of carbonyl (C=O) groups is 2. The van der Waals surface area contributed by atoms with Gasteiger partial charge >= 0.3 is 0 Å². The van der Waals surface area contributed by atoms with Crippen molar-refractivity contribution in [1.29, 1.82) is 0 Å².